The molecular formula is C18H17ClN2O7. The first kappa shape index (κ1) is 21.0. The molecule has 2 rings (SSSR count). The Kier molecular flexibility index (Phi) is 7.16. The molecule has 0 saturated carbocycles. The Hall–Kier alpha value is -3.33. The number of amides is 1. The largest absolute Gasteiger partial charge is 0.493 e. The standard InChI is InChI=1S/C18H17ClN2O7/c1-3-27-17-14(19)7-11(8-15(17)26-2)18(23)28-10-16(22)20-12-5-4-6-13(9-12)21(24)25/h4-9H,3,10H2,1-2H3,(H,20,22). The summed E-state index contributed by atoms with van der Waals surface area (Å²) in [5, 5.41) is 13.3. The van der Waals surface area contributed by atoms with Crippen LogP contribution in [0, 0.1) is 10.1 Å². The number of non-ortho nitro benzene ring substituents is 1. The second-order valence-corrected chi connectivity index (χ2v) is 5.76. The minimum Gasteiger partial charge on any atom is -0.493 e. The third-order valence-electron chi connectivity index (χ3n) is 3.43. The first-order chi connectivity index (χ1) is 13.3. The van der Waals surface area contributed by atoms with E-state index in [1.807, 2.05) is 0 Å². The summed E-state index contributed by atoms with van der Waals surface area (Å²) < 4.78 is 15.5. The van der Waals surface area contributed by atoms with E-state index in [0.29, 0.717) is 12.4 Å². The lowest BCUT2D eigenvalue weighted by Crippen LogP contribution is -2.21. The van der Waals surface area contributed by atoms with Gasteiger partial charge in [-0.3, -0.25) is 14.9 Å². The fourth-order valence-corrected chi connectivity index (χ4v) is 2.50. The fourth-order valence-electron chi connectivity index (χ4n) is 2.23. The summed E-state index contributed by atoms with van der Waals surface area (Å²) >= 11 is 6.10. The van der Waals surface area contributed by atoms with Crippen molar-refractivity contribution in [3.05, 3.63) is 57.1 Å². The zero-order valence-electron chi connectivity index (χ0n) is 15.1. The number of nitro benzene ring substituents is 1. The molecule has 1 amide bonds. The Morgan fingerprint density at radius 3 is 2.64 bits per heavy atom. The van der Waals surface area contributed by atoms with Crippen molar-refractivity contribution in [3.63, 3.8) is 0 Å². The van der Waals surface area contributed by atoms with Gasteiger partial charge in [0.2, 0.25) is 0 Å². The van der Waals surface area contributed by atoms with Gasteiger partial charge in [0.25, 0.3) is 11.6 Å². The number of rotatable bonds is 8. The molecule has 0 aliphatic heterocycles. The number of anilines is 1. The molecular weight excluding hydrogens is 392 g/mol. The third-order valence-corrected chi connectivity index (χ3v) is 3.71. The molecule has 0 unspecified atom stereocenters. The summed E-state index contributed by atoms with van der Waals surface area (Å²) in [6, 6.07) is 8.11. The highest BCUT2D eigenvalue weighted by atomic mass is 35.5. The van der Waals surface area contributed by atoms with E-state index in [-0.39, 0.29) is 27.7 Å². The molecule has 0 saturated heterocycles. The maximum Gasteiger partial charge on any atom is 0.338 e. The monoisotopic (exact) mass is 408 g/mol. The summed E-state index contributed by atoms with van der Waals surface area (Å²) in [7, 11) is 1.40. The number of nitrogens with zero attached hydrogens (tertiary/aromatic N) is 1. The summed E-state index contributed by atoms with van der Waals surface area (Å²) in [6.07, 6.45) is 0. The highest BCUT2D eigenvalue weighted by molar-refractivity contribution is 6.32. The van der Waals surface area contributed by atoms with Crippen molar-refractivity contribution in [3.8, 4) is 11.5 Å². The molecule has 0 bridgehead atoms. The molecule has 2 aromatic carbocycles. The van der Waals surface area contributed by atoms with Gasteiger partial charge in [-0.2, -0.15) is 0 Å². The fraction of sp³-hybridized carbons (Fsp3) is 0.222. The summed E-state index contributed by atoms with van der Waals surface area (Å²) in [5.41, 5.74) is 0.111. The maximum absolute atomic E-state index is 12.2. The van der Waals surface area contributed by atoms with Crippen LogP contribution in [-0.4, -0.2) is 37.1 Å². The number of ether oxygens (including phenoxy) is 3. The predicted molar refractivity (Wildman–Crippen MR) is 101 cm³/mol. The number of carbonyl (C=O) groups excluding carboxylic acids is 2. The van der Waals surface area contributed by atoms with Gasteiger partial charge in [0.15, 0.2) is 18.1 Å². The van der Waals surface area contributed by atoms with E-state index in [2.05, 4.69) is 5.32 Å². The molecule has 0 aliphatic carbocycles. The third kappa shape index (κ3) is 5.34. The Bertz CT molecular complexity index is 901. The summed E-state index contributed by atoms with van der Waals surface area (Å²) in [5.74, 6) is -0.899. The van der Waals surface area contributed by atoms with Crippen LogP contribution >= 0.6 is 11.6 Å². The van der Waals surface area contributed by atoms with Gasteiger partial charge in [0.05, 0.1) is 29.2 Å². The van der Waals surface area contributed by atoms with Crippen LogP contribution in [0.15, 0.2) is 36.4 Å². The van der Waals surface area contributed by atoms with E-state index < -0.39 is 23.4 Å². The number of hydrogen-bond acceptors (Lipinski definition) is 7. The first-order valence-corrected chi connectivity index (χ1v) is 8.45. The molecule has 0 atom stereocenters. The van der Waals surface area contributed by atoms with Crippen LogP contribution < -0.4 is 14.8 Å². The molecule has 0 fully saturated rings. The van der Waals surface area contributed by atoms with Gasteiger partial charge in [-0.15, -0.1) is 0 Å². The average Bonchev–Trinajstić information content (AvgIpc) is 2.67. The number of esters is 1. The normalized spacial score (nSPS) is 10.1. The molecule has 0 aromatic heterocycles. The van der Waals surface area contributed by atoms with Crippen LogP contribution in [-0.2, 0) is 9.53 Å². The Morgan fingerprint density at radius 2 is 2.00 bits per heavy atom. The van der Waals surface area contributed by atoms with Crippen LogP contribution in [0.4, 0.5) is 11.4 Å². The van der Waals surface area contributed by atoms with E-state index in [1.165, 1.54) is 43.5 Å². The van der Waals surface area contributed by atoms with Crippen LogP contribution in [0.25, 0.3) is 0 Å². The minimum atomic E-state index is -0.794. The molecule has 9 nitrogen and oxygen atoms in total. The van der Waals surface area contributed by atoms with Crippen molar-refractivity contribution in [2.75, 3.05) is 25.6 Å². The van der Waals surface area contributed by atoms with Crippen molar-refractivity contribution in [2.24, 2.45) is 0 Å². The van der Waals surface area contributed by atoms with Crippen molar-refractivity contribution < 1.29 is 28.7 Å². The first-order valence-electron chi connectivity index (χ1n) is 8.07. The smallest absolute Gasteiger partial charge is 0.338 e. The molecule has 148 valence electrons. The number of benzene rings is 2. The van der Waals surface area contributed by atoms with E-state index in [0.717, 1.165) is 0 Å². The van der Waals surface area contributed by atoms with Gasteiger partial charge >= 0.3 is 5.97 Å². The lowest BCUT2D eigenvalue weighted by Gasteiger charge is -2.13. The van der Waals surface area contributed by atoms with Crippen molar-refractivity contribution in [2.45, 2.75) is 6.92 Å². The van der Waals surface area contributed by atoms with Gasteiger partial charge in [-0.1, -0.05) is 17.7 Å². The second kappa shape index (κ2) is 9.56. The van der Waals surface area contributed by atoms with Gasteiger partial charge in [0, 0.05) is 17.8 Å². The molecule has 0 aliphatic rings. The zero-order chi connectivity index (χ0) is 20.7. The number of halogens is 1. The molecule has 2 aromatic rings. The van der Waals surface area contributed by atoms with Gasteiger partial charge in [-0.25, -0.2) is 4.79 Å². The molecule has 1 N–H and O–H groups in total. The second-order valence-electron chi connectivity index (χ2n) is 5.35. The molecule has 0 heterocycles. The average molecular weight is 409 g/mol. The van der Waals surface area contributed by atoms with E-state index in [9.17, 15) is 19.7 Å². The van der Waals surface area contributed by atoms with Gasteiger partial charge in [0.1, 0.15) is 0 Å². The van der Waals surface area contributed by atoms with Crippen LogP contribution in [0.1, 0.15) is 17.3 Å². The Morgan fingerprint density at radius 1 is 1.25 bits per heavy atom. The maximum atomic E-state index is 12.2. The molecule has 0 spiro atoms. The molecule has 0 radical (unpaired) electrons. The van der Waals surface area contributed by atoms with E-state index >= 15 is 0 Å². The topological polar surface area (TPSA) is 117 Å². The van der Waals surface area contributed by atoms with Crippen molar-refractivity contribution >= 4 is 34.9 Å². The molecule has 10 heteroatoms. The Balaban J connectivity index is 2.01. The zero-order valence-corrected chi connectivity index (χ0v) is 15.8. The lowest BCUT2D eigenvalue weighted by molar-refractivity contribution is -0.384. The number of carbonyl (C=O) groups is 2. The highest BCUT2D eigenvalue weighted by Crippen LogP contribution is 2.36. The molecule has 28 heavy (non-hydrogen) atoms. The Labute approximate surface area is 165 Å². The van der Waals surface area contributed by atoms with Crippen LogP contribution in [0.5, 0.6) is 11.5 Å². The SMILES string of the molecule is CCOc1c(Cl)cc(C(=O)OCC(=O)Nc2cccc([N+](=O)[O-])c2)cc1OC. The summed E-state index contributed by atoms with van der Waals surface area (Å²) in [4.78, 5) is 34.3. The number of nitro groups is 1. The highest BCUT2D eigenvalue weighted by Gasteiger charge is 2.18. The number of hydrogen-bond donors (Lipinski definition) is 1. The number of methoxy groups -OCH3 is 1. The van der Waals surface area contributed by atoms with Crippen LogP contribution in [0.3, 0.4) is 0 Å². The minimum absolute atomic E-state index is 0.0773. The lowest BCUT2D eigenvalue weighted by atomic mass is 10.2. The van der Waals surface area contributed by atoms with E-state index in [4.69, 9.17) is 25.8 Å². The predicted octanol–water partition coefficient (Wildman–Crippen LogP) is 3.45. The van der Waals surface area contributed by atoms with Crippen molar-refractivity contribution in [1.82, 2.24) is 0 Å². The van der Waals surface area contributed by atoms with Crippen molar-refractivity contribution in [1.29, 1.82) is 0 Å². The van der Waals surface area contributed by atoms with Crippen LogP contribution in [0.2, 0.25) is 5.02 Å². The number of nitrogens with one attached hydrogen (secondary N) is 1. The quantitative estimate of drug-likeness (QED) is 0.403. The summed E-state index contributed by atoms with van der Waals surface area (Å²) in [6.45, 7) is 1.55. The van der Waals surface area contributed by atoms with Gasteiger partial charge in [-0.05, 0) is 25.1 Å². The van der Waals surface area contributed by atoms with E-state index in [1.54, 1.807) is 6.92 Å². The van der Waals surface area contributed by atoms with Gasteiger partial charge < -0.3 is 19.5 Å².